The molecule has 2 aliphatic rings. The van der Waals surface area contributed by atoms with Crippen LogP contribution in [0.4, 0.5) is 5.69 Å². The molecule has 0 N–H and O–H groups in total. The molecule has 0 saturated heterocycles. The molecule has 1 fully saturated rings. The number of aryl methyl sites for hydroxylation is 2. The largest absolute Gasteiger partial charge is 0.272 e. The van der Waals surface area contributed by atoms with E-state index in [2.05, 4.69) is 11.2 Å². The van der Waals surface area contributed by atoms with Crippen molar-refractivity contribution in [2.75, 3.05) is 5.01 Å². The van der Waals surface area contributed by atoms with Gasteiger partial charge in [0, 0.05) is 0 Å². The number of rotatable bonds is 2. The van der Waals surface area contributed by atoms with Crippen LogP contribution in [0.25, 0.3) is 0 Å². The minimum absolute atomic E-state index is 0.108. The van der Waals surface area contributed by atoms with Gasteiger partial charge >= 0.3 is 0 Å². The van der Waals surface area contributed by atoms with Gasteiger partial charge in [0.15, 0.2) is 0 Å². The maximum atomic E-state index is 12.0. The van der Waals surface area contributed by atoms with Gasteiger partial charge in [-0.2, -0.15) is 5.10 Å². The van der Waals surface area contributed by atoms with Gasteiger partial charge in [-0.05, 0) is 55.9 Å². The predicted octanol–water partition coefficient (Wildman–Crippen LogP) is 2.81. The van der Waals surface area contributed by atoms with Gasteiger partial charge in [-0.1, -0.05) is 6.07 Å². The van der Waals surface area contributed by atoms with E-state index < -0.39 is 0 Å². The maximum absolute atomic E-state index is 12.0. The number of carbonyl (C=O) groups excluding carboxylic acids is 1. The zero-order valence-corrected chi connectivity index (χ0v) is 10.2. The first-order valence-corrected chi connectivity index (χ1v) is 6.12. The highest BCUT2D eigenvalue weighted by Gasteiger charge is 2.35. The van der Waals surface area contributed by atoms with Crippen LogP contribution in [0, 0.1) is 19.8 Å². The minimum atomic E-state index is 0.108. The number of anilines is 1. The summed E-state index contributed by atoms with van der Waals surface area (Å²) < 4.78 is 0. The molecule has 17 heavy (non-hydrogen) atoms. The number of benzene rings is 1. The van der Waals surface area contributed by atoms with Gasteiger partial charge in [0.25, 0.3) is 5.91 Å². The summed E-state index contributed by atoms with van der Waals surface area (Å²) in [6.45, 7) is 4.09. The summed E-state index contributed by atoms with van der Waals surface area (Å²) in [6, 6.07) is 6.14. The summed E-state index contributed by atoms with van der Waals surface area (Å²) in [7, 11) is 0. The van der Waals surface area contributed by atoms with Crippen molar-refractivity contribution in [3.05, 3.63) is 29.3 Å². The van der Waals surface area contributed by atoms with Crippen LogP contribution in [0.3, 0.4) is 0 Å². The summed E-state index contributed by atoms with van der Waals surface area (Å²) in [5, 5.41) is 6.06. The summed E-state index contributed by atoms with van der Waals surface area (Å²) in [5.74, 6) is 0.687. The molecule has 0 unspecified atom stereocenters. The number of hydrazone groups is 1. The van der Waals surface area contributed by atoms with E-state index in [0.717, 1.165) is 11.4 Å². The second kappa shape index (κ2) is 3.69. The van der Waals surface area contributed by atoms with Gasteiger partial charge in [0.05, 0.1) is 17.8 Å². The van der Waals surface area contributed by atoms with Gasteiger partial charge in [-0.3, -0.25) is 4.79 Å². The molecule has 3 heteroatoms. The van der Waals surface area contributed by atoms with Crippen LogP contribution in [0.2, 0.25) is 0 Å². The van der Waals surface area contributed by atoms with E-state index in [-0.39, 0.29) is 5.91 Å². The average Bonchev–Trinajstić information content (AvgIpc) is 3.01. The summed E-state index contributed by atoms with van der Waals surface area (Å²) >= 11 is 0. The van der Waals surface area contributed by atoms with E-state index in [1.165, 1.54) is 24.0 Å². The molecule has 0 spiro atoms. The number of nitrogens with zero attached hydrogens (tertiary/aromatic N) is 2. The Hall–Kier alpha value is -1.64. The van der Waals surface area contributed by atoms with E-state index in [4.69, 9.17) is 0 Å². The zero-order chi connectivity index (χ0) is 12.0. The third-order valence-electron chi connectivity index (χ3n) is 3.30. The van der Waals surface area contributed by atoms with Gasteiger partial charge < -0.3 is 0 Å². The van der Waals surface area contributed by atoms with E-state index >= 15 is 0 Å². The highest BCUT2D eigenvalue weighted by Crippen LogP contribution is 2.35. The Labute approximate surface area is 101 Å². The number of hydrogen-bond donors (Lipinski definition) is 0. The van der Waals surface area contributed by atoms with Crippen LogP contribution >= 0.6 is 0 Å². The Bertz CT molecular complexity index is 495. The van der Waals surface area contributed by atoms with Gasteiger partial charge in [0.2, 0.25) is 0 Å². The van der Waals surface area contributed by atoms with Gasteiger partial charge in [0.1, 0.15) is 0 Å². The molecule has 1 amide bonds. The standard InChI is InChI=1S/C14H16N2O/c1-9-5-10(2)7-12(6-9)16-14(17)8-13(15-16)11-3-4-11/h5-7,11H,3-4,8H2,1-2H3. The molecule has 3 rings (SSSR count). The van der Waals surface area contributed by atoms with Crippen molar-refractivity contribution < 1.29 is 4.79 Å². The summed E-state index contributed by atoms with van der Waals surface area (Å²) in [5.41, 5.74) is 4.32. The number of carbonyl (C=O) groups is 1. The average molecular weight is 228 g/mol. The highest BCUT2D eigenvalue weighted by atomic mass is 16.2. The fraction of sp³-hybridized carbons (Fsp3) is 0.429. The summed E-state index contributed by atoms with van der Waals surface area (Å²) in [6.07, 6.45) is 2.91. The molecule has 1 aromatic carbocycles. The highest BCUT2D eigenvalue weighted by molar-refractivity contribution is 6.14. The molecular weight excluding hydrogens is 212 g/mol. The third-order valence-corrected chi connectivity index (χ3v) is 3.30. The molecule has 0 bridgehead atoms. The molecule has 0 aromatic heterocycles. The van der Waals surface area contributed by atoms with Crippen LogP contribution in [0.5, 0.6) is 0 Å². The first kappa shape index (κ1) is 10.5. The maximum Gasteiger partial charge on any atom is 0.253 e. The Morgan fingerprint density at radius 1 is 1.18 bits per heavy atom. The smallest absolute Gasteiger partial charge is 0.253 e. The van der Waals surface area contributed by atoms with E-state index in [1.54, 1.807) is 5.01 Å². The van der Waals surface area contributed by atoms with Gasteiger partial charge in [-0.25, -0.2) is 5.01 Å². The van der Waals surface area contributed by atoms with Crippen molar-refractivity contribution in [3.63, 3.8) is 0 Å². The normalized spacial score (nSPS) is 19.8. The first-order valence-electron chi connectivity index (χ1n) is 6.12. The summed E-state index contributed by atoms with van der Waals surface area (Å²) in [4.78, 5) is 12.0. The molecule has 1 heterocycles. The van der Waals surface area contributed by atoms with E-state index in [1.807, 2.05) is 26.0 Å². The second-order valence-electron chi connectivity index (χ2n) is 5.09. The Morgan fingerprint density at radius 2 is 1.82 bits per heavy atom. The third kappa shape index (κ3) is 1.97. The van der Waals surface area contributed by atoms with Crippen LogP contribution in [0.15, 0.2) is 23.3 Å². The molecule has 1 aliphatic heterocycles. The van der Waals surface area contributed by atoms with Crippen molar-refractivity contribution in [1.29, 1.82) is 0 Å². The second-order valence-corrected chi connectivity index (χ2v) is 5.09. The Balaban J connectivity index is 1.94. The van der Waals surface area contributed by atoms with Gasteiger partial charge in [-0.15, -0.1) is 0 Å². The molecular formula is C14H16N2O. The first-order chi connectivity index (χ1) is 8.13. The van der Waals surface area contributed by atoms with Crippen molar-refractivity contribution in [1.82, 2.24) is 0 Å². The van der Waals surface area contributed by atoms with E-state index in [0.29, 0.717) is 12.3 Å². The van der Waals surface area contributed by atoms with Crippen molar-refractivity contribution >= 4 is 17.3 Å². The quantitative estimate of drug-likeness (QED) is 0.766. The van der Waals surface area contributed by atoms with E-state index in [9.17, 15) is 4.79 Å². The minimum Gasteiger partial charge on any atom is -0.272 e. The lowest BCUT2D eigenvalue weighted by molar-refractivity contribution is -0.116. The van der Waals surface area contributed by atoms with Crippen LogP contribution in [-0.4, -0.2) is 11.6 Å². The number of hydrogen-bond acceptors (Lipinski definition) is 2. The topological polar surface area (TPSA) is 32.7 Å². The molecule has 3 nitrogen and oxygen atoms in total. The fourth-order valence-electron chi connectivity index (χ4n) is 2.37. The predicted molar refractivity (Wildman–Crippen MR) is 68.2 cm³/mol. The SMILES string of the molecule is Cc1cc(C)cc(N2N=C(C3CC3)CC2=O)c1. The molecule has 1 aromatic rings. The van der Waals surface area contributed by atoms with Crippen molar-refractivity contribution in [3.8, 4) is 0 Å². The van der Waals surface area contributed by atoms with Crippen LogP contribution in [0.1, 0.15) is 30.4 Å². The lowest BCUT2D eigenvalue weighted by atomic mass is 10.1. The van der Waals surface area contributed by atoms with Crippen LogP contribution < -0.4 is 5.01 Å². The van der Waals surface area contributed by atoms with Crippen molar-refractivity contribution in [2.24, 2.45) is 11.0 Å². The Morgan fingerprint density at radius 3 is 2.41 bits per heavy atom. The molecule has 1 aliphatic carbocycles. The zero-order valence-electron chi connectivity index (χ0n) is 10.2. The molecule has 0 radical (unpaired) electrons. The fourth-order valence-corrected chi connectivity index (χ4v) is 2.37. The van der Waals surface area contributed by atoms with Crippen molar-refractivity contribution in [2.45, 2.75) is 33.1 Å². The molecule has 88 valence electrons. The Kier molecular flexibility index (Phi) is 2.28. The number of amides is 1. The lowest BCUT2D eigenvalue weighted by Gasteiger charge is -2.13. The molecule has 0 atom stereocenters. The van der Waals surface area contributed by atoms with Crippen LogP contribution in [-0.2, 0) is 4.79 Å². The molecule has 1 saturated carbocycles. The lowest BCUT2D eigenvalue weighted by Crippen LogP contribution is -2.19. The monoisotopic (exact) mass is 228 g/mol.